The molecule has 1 saturated carbocycles. The minimum Gasteiger partial charge on any atom is -0.393 e. The van der Waals surface area contributed by atoms with E-state index < -0.39 is 4.92 Å². The second kappa shape index (κ2) is 5.30. The van der Waals surface area contributed by atoms with E-state index in [1.54, 1.807) is 13.0 Å². The van der Waals surface area contributed by atoms with E-state index in [1.807, 2.05) is 0 Å². The van der Waals surface area contributed by atoms with Crippen molar-refractivity contribution in [3.8, 4) is 0 Å². The summed E-state index contributed by atoms with van der Waals surface area (Å²) in [6, 6.07) is 1.67. The second-order valence-electron chi connectivity index (χ2n) is 4.75. The fourth-order valence-corrected chi connectivity index (χ4v) is 2.33. The number of nitrogens with one attached hydrogen (secondary N) is 1. The largest absolute Gasteiger partial charge is 0.393 e. The van der Waals surface area contributed by atoms with Gasteiger partial charge in [0.2, 0.25) is 0 Å². The molecule has 1 aromatic rings. The smallest absolute Gasteiger partial charge is 0.290 e. The maximum Gasteiger partial charge on any atom is 0.290 e. The van der Waals surface area contributed by atoms with Gasteiger partial charge in [0.05, 0.1) is 11.0 Å². The van der Waals surface area contributed by atoms with Crippen molar-refractivity contribution < 1.29 is 10.0 Å². The molecule has 98 valence electrons. The summed E-state index contributed by atoms with van der Waals surface area (Å²) in [7, 11) is 0. The highest BCUT2D eigenvalue weighted by atomic mass is 16.6. The van der Waals surface area contributed by atoms with E-state index >= 15 is 0 Å². The Balaban J connectivity index is 1.98. The molecule has 1 fully saturated rings. The average Bonchev–Trinajstić information content (AvgIpc) is 2.72. The van der Waals surface area contributed by atoms with Crippen molar-refractivity contribution in [1.82, 2.24) is 4.98 Å². The Kier molecular flexibility index (Phi) is 3.76. The third-order valence-corrected chi connectivity index (χ3v) is 3.44. The van der Waals surface area contributed by atoms with Crippen molar-refractivity contribution in [2.45, 2.75) is 32.3 Å². The lowest BCUT2D eigenvalue weighted by atomic mass is 10.1. The Hall–Kier alpha value is -1.69. The van der Waals surface area contributed by atoms with Crippen LogP contribution in [0.25, 0.3) is 0 Å². The van der Waals surface area contributed by atoms with Crippen LogP contribution in [-0.2, 0) is 0 Å². The van der Waals surface area contributed by atoms with Gasteiger partial charge in [0, 0.05) is 18.0 Å². The van der Waals surface area contributed by atoms with Crippen LogP contribution in [0.5, 0.6) is 0 Å². The van der Waals surface area contributed by atoms with Crippen LogP contribution >= 0.6 is 0 Å². The molecule has 2 rings (SSSR count). The zero-order valence-electron chi connectivity index (χ0n) is 10.3. The van der Waals surface area contributed by atoms with Crippen molar-refractivity contribution >= 4 is 11.5 Å². The number of aryl methyl sites for hydroxylation is 1. The molecule has 18 heavy (non-hydrogen) atoms. The number of hydrogen-bond donors (Lipinski definition) is 2. The van der Waals surface area contributed by atoms with Crippen LogP contribution in [0.1, 0.15) is 24.8 Å². The Labute approximate surface area is 105 Å². The van der Waals surface area contributed by atoms with Gasteiger partial charge in [-0.1, -0.05) is 6.42 Å². The molecule has 2 unspecified atom stereocenters. The number of rotatable bonds is 4. The van der Waals surface area contributed by atoms with Crippen LogP contribution in [0.15, 0.2) is 12.3 Å². The number of aliphatic hydroxyl groups excluding tert-OH is 1. The summed E-state index contributed by atoms with van der Waals surface area (Å²) < 4.78 is 0. The van der Waals surface area contributed by atoms with Gasteiger partial charge in [-0.05, 0) is 25.8 Å². The van der Waals surface area contributed by atoms with Gasteiger partial charge in [-0.2, -0.15) is 0 Å². The molecule has 0 radical (unpaired) electrons. The third-order valence-electron chi connectivity index (χ3n) is 3.44. The van der Waals surface area contributed by atoms with Crippen molar-refractivity contribution in [3.63, 3.8) is 0 Å². The first-order chi connectivity index (χ1) is 8.58. The number of aromatic nitrogens is 1. The SMILES string of the molecule is Cc1cc(NCC2CCCC2O)ncc1[N+](=O)[O-]. The Bertz CT molecular complexity index is 450. The summed E-state index contributed by atoms with van der Waals surface area (Å²) in [5.74, 6) is 0.875. The fraction of sp³-hybridized carbons (Fsp3) is 0.583. The average molecular weight is 251 g/mol. The molecule has 0 aliphatic heterocycles. The number of nitro groups is 1. The van der Waals surface area contributed by atoms with Crippen LogP contribution in [-0.4, -0.2) is 27.7 Å². The van der Waals surface area contributed by atoms with E-state index in [0.29, 0.717) is 17.9 Å². The van der Waals surface area contributed by atoms with Gasteiger partial charge in [0.25, 0.3) is 5.69 Å². The molecular weight excluding hydrogens is 234 g/mol. The van der Waals surface area contributed by atoms with Gasteiger partial charge in [-0.3, -0.25) is 10.1 Å². The predicted molar refractivity (Wildman–Crippen MR) is 67.5 cm³/mol. The summed E-state index contributed by atoms with van der Waals surface area (Å²) in [5.41, 5.74) is 0.617. The minimum atomic E-state index is -0.438. The minimum absolute atomic E-state index is 0.0291. The first-order valence-corrected chi connectivity index (χ1v) is 6.11. The molecule has 6 nitrogen and oxygen atoms in total. The molecular formula is C12H17N3O3. The van der Waals surface area contributed by atoms with E-state index in [1.165, 1.54) is 6.20 Å². The number of anilines is 1. The first-order valence-electron chi connectivity index (χ1n) is 6.11. The second-order valence-corrected chi connectivity index (χ2v) is 4.75. The number of nitrogens with zero attached hydrogens (tertiary/aromatic N) is 2. The predicted octanol–water partition coefficient (Wildman–Crippen LogP) is 1.87. The van der Waals surface area contributed by atoms with Crippen molar-refractivity contribution in [3.05, 3.63) is 27.9 Å². The fourth-order valence-electron chi connectivity index (χ4n) is 2.33. The van der Waals surface area contributed by atoms with Gasteiger partial charge in [0.15, 0.2) is 0 Å². The maximum atomic E-state index is 10.7. The third kappa shape index (κ3) is 2.76. The van der Waals surface area contributed by atoms with Crippen molar-refractivity contribution in [2.24, 2.45) is 5.92 Å². The molecule has 1 aliphatic rings. The maximum absolute atomic E-state index is 10.7. The summed E-state index contributed by atoms with van der Waals surface area (Å²) in [6.45, 7) is 2.35. The molecule has 1 heterocycles. The van der Waals surface area contributed by atoms with E-state index in [4.69, 9.17) is 0 Å². The molecule has 0 bridgehead atoms. The molecule has 0 spiro atoms. The molecule has 1 aromatic heterocycles. The molecule has 0 saturated heterocycles. The highest BCUT2D eigenvalue weighted by Gasteiger charge is 2.24. The van der Waals surface area contributed by atoms with E-state index in [9.17, 15) is 15.2 Å². The highest BCUT2D eigenvalue weighted by molar-refractivity contribution is 5.46. The van der Waals surface area contributed by atoms with E-state index in [-0.39, 0.29) is 17.7 Å². The molecule has 0 aromatic carbocycles. The lowest BCUT2D eigenvalue weighted by Crippen LogP contribution is -2.22. The van der Waals surface area contributed by atoms with Crippen LogP contribution in [0.3, 0.4) is 0 Å². The highest BCUT2D eigenvalue weighted by Crippen LogP contribution is 2.26. The lowest BCUT2D eigenvalue weighted by molar-refractivity contribution is -0.385. The van der Waals surface area contributed by atoms with Gasteiger partial charge in [-0.25, -0.2) is 4.98 Å². The lowest BCUT2D eigenvalue weighted by Gasteiger charge is -2.15. The van der Waals surface area contributed by atoms with Crippen molar-refractivity contribution in [1.29, 1.82) is 0 Å². The number of pyridine rings is 1. The first kappa shape index (κ1) is 12.8. The normalized spacial score (nSPS) is 23.0. The van der Waals surface area contributed by atoms with Gasteiger partial charge in [0.1, 0.15) is 12.0 Å². The topological polar surface area (TPSA) is 88.3 Å². The summed E-state index contributed by atoms with van der Waals surface area (Å²) in [4.78, 5) is 14.2. The zero-order chi connectivity index (χ0) is 13.1. The molecule has 1 aliphatic carbocycles. The van der Waals surface area contributed by atoms with Crippen LogP contribution in [0.2, 0.25) is 0 Å². The van der Waals surface area contributed by atoms with Gasteiger partial charge >= 0.3 is 0 Å². The van der Waals surface area contributed by atoms with E-state index in [0.717, 1.165) is 19.3 Å². The Morgan fingerprint density at radius 2 is 2.39 bits per heavy atom. The summed E-state index contributed by atoms with van der Waals surface area (Å²) >= 11 is 0. The van der Waals surface area contributed by atoms with Gasteiger partial charge < -0.3 is 10.4 Å². The van der Waals surface area contributed by atoms with E-state index in [2.05, 4.69) is 10.3 Å². The van der Waals surface area contributed by atoms with Crippen LogP contribution in [0, 0.1) is 23.0 Å². The zero-order valence-corrected chi connectivity index (χ0v) is 10.3. The Morgan fingerprint density at radius 3 is 2.94 bits per heavy atom. The van der Waals surface area contributed by atoms with Crippen LogP contribution in [0.4, 0.5) is 11.5 Å². The standard InChI is InChI=1S/C12H17N3O3/c1-8-5-12(14-7-10(8)15(17)18)13-6-9-3-2-4-11(9)16/h5,7,9,11,16H,2-4,6H2,1H3,(H,13,14). The molecule has 2 atom stereocenters. The monoisotopic (exact) mass is 251 g/mol. The summed E-state index contributed by atoms with van der Waals surface area (Å²) in [5, 5.41) is 23.5. The molecule has 6 heteroatoms. The summed E-state index contributed by atoms with van der Waals surface area (Å²) in [6.07, 6.45) is 3.96. The van der Waals surface area contributed by atoms with Crippen LogP contribution < -0.4 is 5.32 Å². The number of hydrogen-bond acceptors (Lipinski definition) is 5. The molecule has 0 amide bonds. The van der Waals surface area contributed by atoms with Crippen molar-refractivity contribution in [2.75, 3.05) is 11.9 Å². The quantitative estimate of drug-likeness (QED) is 0.630. The van der Waals surface area contributed by atoms with Gasteiger partial charge in [-0.15, -0.1) is 0 Å². The number of aliphatic hydroxyl groups is 1. The molecule has 2 N–H and O–H groups in total. The Morgan fingerprint density at radius 1 is 1.61 bits per heavy atom.